The minimum atomic E-state index is -0.286. The van der Waals surface area contributed by atoms with Crippen LogP contribution in [0.3, 0.4) is 0 Å². The Labute approximate surface area is 164 Å². The standard InChI is InChI=1S/C21H26FN5O/c1-13(2)10-17-11-20(26(5)25-17)21(28)23-12-19-14(3)24-27(15(19)4)18-8-6-16(22)7-9-18/h6-9,11,13H,10,12H2,1-5H3,(H,23,28). The molecule has 6 nitrogen and oxygen atoms in total. The summed E-state index contributed by atoms with van der Waals surface area (Å²) in [5, 5.41) is 11.9. The van der Waals surface area contributed by atoms with Gasteiger partial charge in [0.2, 0.25) is 0 Å². The van der Waals surface area contributed by atoms with E-state index in [1.807, 2.05) is 19.9 Å². The zero-order chi connectivity index (χ0) is 20.4. The molecule has 2 heterocycles. The number of aryl methyl sites for hydroxylation is 2. The lowest BCUT2D eigenvalue weighted by Gasteiger charge is -2.07. The molecule has 148 valence electrons. The van der Waals surface area contributed by atoms with Crippen LogP contribution in [0.2, 0.25) is 0 Å². The van der Waals surface area contributed by atoms with E-state index >= 15 is 0 Å². The molecule has 0 radical (unpaired) electrons. The van der Waals surface area contributed by atoms with E-state index in [2.05, 4.69) is 29.4 Å². The van der Waals surface area contributed by atoms with Gasteiger partial charge in [0.15, 0.2) is 0 Å². The number of rotatable bonds is 6. The summed E-state index contributed by atoms with van der Waals surface area (Å²) in [6.07, 6.45) is 0.837. The molecule has 7 heteroatoms. The fraction of sp³-hybridized carbons (Fsp3) is 0.381. The number of halogens is 1. The number of carbonyl (C=O) groups is 1. The van der Waals surface area contributed by atoms with Crippen molar-refractivity contribution in [3.8, 4) is 5.69 Å². The number of hydrogen-bond donors (Lipinski definition) is 1. The first-order valence-corrected chi connectivity index (χ1v) is 9.38. The van der Waals surface area contributed by atoms with Gasteiger partial charge in [0.1, 0.15) is 11.5 Å². The van der Waals surface area contributed by atoms with E-state index in [1.54, 1.807) is 28.5 Å². The molecular weight excluding hydrogens is 357 g/mol. The van der Waals surface area contributed by atoms with Gasteiger partial charge in [-0.25, -0.2) is 9.07 Å². The molecule has 0 saturated carbocycles. The summed E-state index contributed by atoms with van der Waals surface area (Å²) >= 11 is 0. The van der Waals surface area contributed by atoms with Gasteiger partial charge in [-0.2, -0.15) is 10.2 Å². The van der Waals surface area contributed by atoms with Crippen molar-refractivity contribution in [1.82, 2.24) is 24.9 Å². The SMILES string of the molecule is Cc1nn(-c2ccc(F)cc2)c(C)c1CNC(=O)c1cc(CC(C)C)nn1C. The van der Waals surface area contributed by atoms with Gasteiger partial charge in [0, 0.05) is 24.8 Å². The molecule has 0 aliphatic rings. The van der Waals surface area contributed by atoms with E-state index in [1.165, 1.54) is 12.1 Å². The van der Waals surface area contributed by atoms with Crippen molar-refractivity contribution < 1.29 is 9.18 Å². The van der Waals surface area contributed by atoms with Crippen LogP contribution in [-0.2, 0) is 20.0 Å². The third-order valence-electron chi connectivity index (χ3n) is 4.72. The van der Waals surface area contributed by atoms with E-state index < -0.39 is 0 Å². The maximum absolute atomic E-state index is 13.2. The van der Waals surface area contributed by atoms with Gasteiger partial charge in [0.25, 0.3) is 5.91 Å². The van der Waals surface area contributed by atoms with E-state index in [9.17, 15) is 9.18 Å². The van der Waals surface area contributed by atoms with Crippen LogP contribution in [-0.4, -0.2) is 25.5 Å². The number of carbonyl (C=O) groups excluding carboxylic acids is 1. The molecule has 3 aromatic rings. The van der Waals surface area contributed by atoms with Crippen LogP contribution < -0.4 is 5.32 Å². The average molecular weight is 383 g/mol. The van der Waals surface area contributed by atoms with E-state index in [0.29, 0.717) is 18.2 Å². The van der Waals surface area contributed by atoms with Crippen molar-refractivity contribution in [1.29, 1.82) is 0 Å². The van der Waals surface area contributed by atoms with Gasteiger partial charge < -0.3 is 5.32 Å². The minimum Gasteiger partial charge on any atom is -0.346 e. The van der Waals surface area contributed by atoms with Crippen molar-refractivity contribution in [2.45, 2.75) is 40.7 Å². The van der Waals surface area contributed by atoms with E-state index in [-0.39, 0.29) is 11.7 Å². The van der Waals surface area contributed by atoms with Crippen LogP contribution in [0.5, 0.6) is 0 Å². The molecule has 0 atom stereocenters. The average Bonchev–Trinajstić information content (AvgIpc) is 3.12. The highest BCUT2D eigenvalue weighted by Crippen LogP contribution is 2.18. The van der Waals surface area contributed by atoms with Crippen LogP contribution in [0.4, 0.5) is 4.39 Å². The third-order valence-corrected chi connectivity index (χ3v) is 4.72. The zero-order valence-electron chi connectivity index (χ0n) is 17.0. The molecule has 0 unspecified atom stereocenters. The van der Waals surface area contributed by atoms with Gasteiger partial charge in [-0.1, -0.05) is 13.8 Å². The predicted molar refractivity (Wildman–Crippen MR) is 106 cm³/mol. The molecule has 2 aromatic heterocycles. The fourth-order valence-corrected chi connectivity index (χ4v) is 3.28. The van der Waals surface area contributed by atoms with Crippen molar-refractivity contribution in [3.05, 3.63) is 64.5 Å². The number of nitrogens with one attached hydrogen (secondary N) is 1. The lowest BCUT2D eigenvalue weighted by Crippen LogP contribution is -2.25. The molecule has 0 bridgehead atoms. The second kappa shape index (κ2) is 7.96. The number of hydrogen-bond acceptors (Lipinski definition) is 3. The monoisotopic (exact) mass is 383 g/mol. The molecule has 0 saturated heterocycles. The summed E-state index contributed by atoms with van der Waals surface area (Å²) < 4.78 is 16.6. The highest BCUT2D eigenvalue weighted by Gasteiger charge is 2.17. The van der Waals surface area contributed by atoms with Crippen LogP contribution in [0.25, 0.3) is 5.69 Å². The van der Waals surface area contributed by atoms with Gasteiger partial charge in [-0.05, 0) is 56.5 Å². The van der Waals surface area contributed by atoms with Crippen LogP contribution in [0.15, 0.2) is 30.3 Å². The molecule has 1 N–H and O–H groups in total. The molecular formula is C21H26FN5O. The molecule has 28 heavy (non-hydrogen) atoms. The summed E-state index contributed by atoms with van der Waals surface area (Å²) in [5.74, 6) is 0.0255. The Morgan fingerprint density at radius 3 is 2.50 bits per heavy atom. The van der Waals surface area contributed by atoms with Gasteiger partial charge in [0.05, 0.1) is 17.1 Å². The molecule has 0 aliphatic heterocycles. The highest BCUT2D eigenvalue weighted by molar-refractivity contribution is 5.92. The van der Waals surface area contributed by atoms with Crippen molar-refractivity contribution >= 4 is 5.91 Å². The Morgan fingerprint density at radius 2 is 1.86 bits per heavy atom. The first-order valence-electron chi connectivity index (χ1n) is 9.38. The number of nitrogens with zero attached hydrogens (tertiary/aromatic N) is 4. The lowest BCUT2D eigenvalue weighted by molar-refractivity contribution is 0.0941. The summed E-state index contributed by atoms with van der Waals surface area (Å²) in [6, 6.07) is 8.03. The Bertz CT molecular complexity index is 985. The van der Waals surface area contributed by atoms with E-state index in [0.717, 1.165) is 34.8 Å². The largest absolute Gasteiger partial charge is 0.346 e. The Hall–Kier alpha value is -2.96. The number of amides is 1. The molecule has 1 amide bonds. The molecule has 1 aromatic carbocycles. The Morgan fingerprint density at radius 1 is 1.18 bits per heavy atom. The fourth-order valence-electron chi connectivity index (χ4n) is 3.28. The highest BCUT2D eigenvalue weighted by atomic mass is 19.1. The van der Waals surface area contributed by atoms with Crippen molar-refractivity contribution in [2.24, 2.45) is 13.0 Å². The molecule has 3 rings (SSSR count). The molecule has 0 spiro atoms. The van der Waals surface area contributed by atoms with Gasteiger partial charge in [-0.3, -0.25) is 9.48 Å². The second-order valence-electron chi connectivity index (χ2n) is 7.46. The quantitative estimate of drug-likeness (QED) is 0.709. The van der Waals surface area contributed by atoms with Crippen molar-refractivity contribution in [2.75, 3.05) is 0 Å². The maximum atomic E-state index is 13.2. The molecule has 0 aliphatic carbocycles. The first kappa shape index (κ1) is 19.8. The Kier molecular flexibility index (Phi) is 5.63. The first-order chi connectivity index (χ1) is 13.3. The number of benzene rings is 1. The smallest absolute Gasteiger partial charge is 0.269 e. The summed E-state index contributed by atoms with van der Waals surface area (Å²) in [7, 11) is 1.78. The Balaban J connectivity index is 1.75. The second-order valence-corrected chi connectivity index (χ2v) is 7.46. The lowest BCUT2D eigenvalue weighted by atomic mass is 10.1. The normalized spacial score (nSPS) is 11.2. The minimum absolute atomic E-state index is 0.168. The van der Waals surface area contributed by atoms with Gasteiger partial charge >= 0.3 is 0 Å². The third kappa shape index (κ3) is 4.13. The van der Waals surface area contributed by atoms with Crippen LogP contribution in [0.1, 0.15) is 47.0 Å². The topological polar surface area (TPSA) is 64.7 Å². The molecule has 0 fully saturated rings. The zero-order valence-corrected chi connectivity index (χ0v) is 17.0. The number of aromatic nitrogens is 4. The summed E-state index contributed by atoms with van der Waals surface area (Å²) in [6.45, 7) is 8.45. The van der Waals surface area contributed by atoms with E-state index in [4.69, 9.17) is 0 Å². The van der Waals surface area contributed by atoms with Crippen LogP contribution >= 0.6 is 0 Å². The maximum Gasteiger partial charge on any atom is 0.269 e. The predicted octanol–water partition coefficient (Wildman–Crippen LogP) is 3.49. The van der Waals surface area contributed by atoms with Crippen LogP contribution in [0, 0.1) is 25.6 Å². The van der Waals surface area contributed by atoms with Gasteiger partial charge in [-0.15, -0.1) is 0 Å². The summed E-state index contributed by atoms with van der Waals surface area (Å²) in [5.41, 5.74) is 4.92. The summed E-state index contributed by atoms with van der Waals surface area (Å²) in [4.78, 5) is 12.6. The van der Waals surface area contributed by atoms with Crippen molar-refractivity contribution in [3.63, 3.8) is 0 Å².